The molecule has 0 spiro atoms. The summed E-state index contributed by atoms with van der Waals surface area (Å²) in [6.07, 6.45) is 0.362. The molecule has 1 aromatic heterocycles. The Morgan fingerprint density at radius 1 is 1.16 bits per heavy atom. The monoisotopic (exact) mass is 454 g/mol. The quantitative estimate of drug-likeness (QED) is 0.320. The molecule has 164 valence electrons. The van der Waals surface area contributed by atoms with Crippen LogP contribution in [-0.4, -0.2) is 40.9 Å². The molecular weight excluding hydrogens is 436 g/mol. The summed E-state index contributed by atoms with van der Waals surface area (Å²) in [5.41, 5.74) is 1.37. The molecule has 1 aliphatic rings. The van der Waals surface area contributed by atoms with E-state index in [2.05, 4.69) is 4.99 Å². The highest BCUT2D eigenvalue weighted by atomic mass is 32.1. The Morgan fingerprint density at radius 2 is 1.84 bits per heavy atom. The van der Waals surface area contributed by atoms with Crippen LogP contribution in [0.5, 0.6) is 0 Å². The van der Waals surface area contributed by atoms with Crippen molar-refractivity contribution in [3.05, 3.63) is 62.9 Å². The van der Waals surface area contributed by atoms with Crippen molar-refractivity contribution in [1.29, 1.82) is 0 Å². The van der Waals surface area contributed by atoms with E-state index in [9.17, 15) is 24.5 Å². The van der Waals surface area contributed by atoms with Gasteiger partial charge in [-0.1, -0.05) is 11.3 Å². The first-order valence-corrected chi connectivity index (χ1v) is 10.5. The minimum atomic E-state index is -0.511. The Balaban J connectivity index is 1.69. The maximum absolute atomic E-state index is 12.8. The van der Waals surface area contributed by atoms with Crippen molar-refractivity contribution in [2.45, 2.75) is 19.4 Å². The minimum absolute atomic E-state index is 0.0443. The molecular formula is C21H18N4O6S. The number of ether oxygens (including phenoxy) is 1. The number of hydrogen-bond donors (Lipinski definition) is 0. The number of imide groups is 1. The number of thiazole rings is 1. The molecule has 10 nitrogen and oxygen atoms in total. The Hall–Kier alpha value is -3.70. The molecule has 0 aliphatic carbocycles. The second-order valence-corrected chi connectivity index (χ2v) is 8.03. The molecule has 4 rings (SSSR count). The van der Waals surface area contributed by atoms with Crippen molar-refractivity contribution in [2.24, 2.45) is 4.99 Å². The number of hydrogen-bond acceptors (Lipinski definition) is 7. The number of rotatable bonds is 6. The average Bonchev–Trinajstić information content (AvgIpc) is 3.30. The molecule has 0 N–H and O–H groups in total. The van der Waals surface area contributed by atoms with E-state index in [4.69, 9.17) is 4.74 Å². The van der Waals surface area contributed by atoms with Crippen LogP contribution in [0.1, 0.15) is 23.2 Å². The first-order valence-electron chi connectivity index (χ1n) is 9.70. The van der Waals surface area contributed by atoms with Gasteiger partial charge in [0, 0.05) is 44.2 Å². The minimum Gasteiger partial charge on any atom is -0.383 e. The maximum atomic E-state index is 12.8. The standard InChI is InChI=1S/C21H18N4O6S/c1-31-11-10-23-16-7-6-15(25(29)30)12-17(16)32-21(23)22-20(28)13-2-4-14(5-3-13)24-18(26)8-9-19(24)27/h2-7,12H,8-11H2,1H3. The molecule has 1 aliphatic heterocycles. The lowest BCUT2D eigenvalue weighted by molar-refractivity contribution is -0.384. The van der Waals surface area contributed by atoms with Crippen molar-refractivity contribution in [3.8, 4) is 0 Å². The second-order valence-electron chi connectivity index (χ2n) is 7.02. The second kappa shape index (κ2) is 8.81. The van der Waals surface area contributed by atoms with Gasteiger partial charge in [0.25, 0.3) is 11.6 Å². The Kier molecular flexibility index (Phi) is 5.93. The van der Waals surface area contributed by atoms with Crippen LogP contribution >= 0.6 is 11.3 Å². The SMILES string of the molecule is COCCn1c(=NC(=O)c2ccc(N3C(=O)CCC3=O)cc2)sc2cc([N+](=O)[O-])ccc21. The fraction of sp³-hybridized carbons (Fsp3) is 0.238. The predicted molar refractivity (Wildman–Crippen MR) is 116 cm³/mol. The highest BCUT2D eigenvalue weighted by Crippen LogP contribution is 2.24. The largest absolute Gasteiger partial charge is 0.383 e. The van der Waals surface area contributed by atoms with Crippen molar-refractivity contribution < 1.29 is 24.0 Å². The van der Waals surface area contributed by atoms with Crippen LogP contribution in [0.2, 0.25) is 0 Å². The van der Waals surface area contributed by atoms with Gasteiger partial charge in [0.2, 0.25) is 11.8 Å². The number of nitrogens with zero attached hydrogens (tertiary/aromatic N) is 4. The van der Waals surface area contributed by atoms with Gasteiger partial charge in [-0.3, -0.25) is 29.4 Å². The van der Waals surface area contributed by atoms with Crippen LogP contribution in [0.3, 0.4) is 0 Å². The van der Waals surface area contributed by atoms with Gasteiger partial charge in [-0.15, -0.1) is 0 Å². The molecule has 0 bridgehead atoms. The highest BCUT2D eigenvalue weighted by Gasteiger charge is 2.30. The van der Waals surface area contributed by atoms with Gasteiger partial charge in [0.15, 0.2) is 4.80 Å². The van der Waals surface area contributed by atoms with E-state index in [1.54, 1.807) is 17.7 Å². The molecule has 1 fully saturated rings. The van der Waals surface area contributed by atoms with Gasteiger partial charge in [-0.05, 0) is 30.3 Å². The van der Waals surface area contributed by atoms with E-state index in [0.717, 1.165) is 4.90 Å². The zero-order chi connectivity index (χ0) is 22.8. The molecule has 11 heteroatoms. The number of carbonyl (C=O) groups is 3. The van der Waals surface area contributed by atoms with Crippen LogP contribution in [0, 0.1) is 10.1 Å². The number of fused-ring (bicyclic) bond motifs is 1. The smallest absolute Gasteiger partial charge is 0.279 e. The van der Waals surface area contributed by atoms with Crippen molar-refractivity contribution in [2.75, 3.05) is 18.6 Å². The molecule has 0 atom stereocenters. The molecule has 3 amide bonds. The van der Waals surface area contributed by atoms with Crippen molar-refractivity contribution >= 4 is 50.6 Å². The summed E-state index contributed by atoms with van der Waals surface area (Å²) in [5.74, 6) is -1.04. The molecule has 2 aromatic carbocycles. The number of carbonyl (C=O) groups excluding carboxylic acids is 3. The van der Waals surface area contributed by atoms with E-state index in [1.807, 2.05) is 0 Å². The number of aromatic nitrogens is 1. The molecule has 0 radical (unpaired) electrons. The number of non-ortho nitro benzene ring substituents is 1. The van der Waals surface area contributed by atoms with Gasteiger partial charge in [-0.25, -0.2) is 0 Å². The van der Waals surface area contributed by atoms with E-state index < -0.39 is 10.8 Å². The molecule has 3 aromatic rings. The summed E-state index contributed by atoms with van der Waals surface area (Å²) in [5, 5.41) is 11.1. The first kappa shape index (κ1) is 21.5. The number of benzene rings is 2. The number of amides is 3. The lowest BCUT2D eigenvalue weighted by Crippen LogP contribution is -2.28. The van der Waals surface area contributed by atoms with Gasteiger partial charge < -0.3 is 9.30 Å². The number of nitro groups is 1. The molecule has 1 saturated heterocycles. The zero-order valence-electron chi connectivity index (χ0n) is 17.0. The van der Waals surface area contributed by atoms with Crippen LogP contribution in [-0.2, 0) is 20.9 Å². The maximum Gasteiger partial charge on any atom is 0.279 e. The van der Waals surface area contributed by atoms with E-state index in [1.165, 1.54) is 47.7 Å². The summed E-state index contributed by atoms with van der Waals surface area (Å²) >= 11 is 1.17. The van der Waals surface area contributed by atoms with E-state index >= 15 is 0 Å². The van der Waals surface area contributed by atoms with Crippen LogP contribution in [0.4, 0.5) is 11.4 Å². The average molecular weight is 454 g/mol. The topological polar surface area (TPSA) is 124 Å². The third-order valence-corrected chi connectivity index (χ3v) is 6.06. The predicted octanol–water partition coefficient (Wildman–Crippen LogP) is 2.65. The van der Waals surface area contributed by atoms with Gasteiger partial charge >= 0.3 is 0 Å². The fourth-order valence-corrected chi connectivity index (χ4v) is 4.52. The number of methoxy groups -OCH3 is 1. The van der Waals surface area contributed by atoms with Crippen molar-refractivity contribution in [1.82, 2.24) is 4.57 Å². The lowest BCUT2D eigenvalue weighted by Gasteiger charge is -2.13. The molecule has 0 unspecified atom stereocenters. The van der Waals surface area contributed by atoms with Crippen LogP contribution in [0.25, 0.3) is 10.2 Å². The summed E-state index contributed by atoms with van der Waals surface area (Å²) in [6, 6.07) is 10.6. The van der Waals surface area contributed by atoms with E-state index in [0.29, 0.717) is 33.9 Å². The zero-order valence-corrected chi connectivity index (χ0v) is 17.8. The van der Waals surface area contributed by atoms with Gasteiger partial charge in [0.1, 0.15) is 0 Å². The number of nitro benzene ring substituents is 1. The Morgan fingerprint density at radius 3 is 2.47 bits per heavy atom. The highest BCUT2D eigenvalue weighted by molar-refractivity contribution is 7.16. The summed E-state index contributed by atoms with van der Waals surface area (Å²) in [6.45, 7) is 0.787. The molecule has 32 heavy (non-hydrogen) atoms. The fourth-order valence-electron chi connectivity index (χ4n) is 3.43. The summed E-state index contributed by atoms with van der Waals surface area (Å²) in [4.78, 5) is 52.9. The third-order valence-electron chi connectivity index (χ3n) is 5.02. The summed E-state index contributed by atoms with van der Waals surface area (Å²) in [7, 11) is 1.55. The Bertz CT molecular complexity index is 1290. The van der Waals surface area contributed by atoms with Crippen molar-refractivity contribution in [3.63, 3.8) is 0 Å². The first-order chi connectivity index (χ1) is 15.4. The summed E-state index contributed by atoms with van der Waals surface area (Å²) < 4.78 is 7.55. The normalized spacial score (nSPS) is 14.5. The molecule has 0 saturated carbocycles. The van der Waals surface area contributed by atoms with Gasteiger partial charge in [0.05, 0.1) is 27.4 Å². The van der Waals surface area contributed by atoms with Gasteiger partial charge in [-0.2, -0.15) is 4.99 Å². The lowest BCUT2D eigenvalue weighted by atomic mass is 10.2. The van der Waals surface area contributed by atoms with E-state index in [-0.39, 0.29) is 35.9 Å². The third kappa shape index (κ3) is 4.07. The Labute approximate surface area is 185 Å². The molecule has 2 heterocycles. The van der Waals surface area contributed by atoms with Crippen LogP contribution in [0.15, 0.2) is 47.5 Å². The van der Waals surface area contributed by atoms with Crippen LogP contribution < -0.4 is 9.70 Å². The number of anilines is 1.